The number of hydrogen-bond donors (Lipinski definition) is 1. The average Bonchev–Trinajstić information content (AvgIpc) is 2.29. The summed E-state index contributed by atoms with van der Waals surface area (Å²) in [5.41, 5.74) is 0. The number of sulfonamides is 1. The van der Waals surface area contributed by atoms with Crippen LogP contribution in [0, 0.1) is 0 Å². The van der Waals surface area contributed by atoms with Crippen molar-refractivity contribution in [2.45, 2.75) is 18.0 Å². The van der Waals surface area contributed by atoms with Crippen molar-refractivity contribution in [2.24, 2.45) is 5.14 Å². The molecule has 2 N–H and O–H groups in total. The zero-order valence-corrected chi connectivity index (χ0v) is 10.4. The van der Waals surface area contributed by atoms with Gasteiger partial charge in [-0.1, -0.05) is 6.07 Å². The van der Waals surface area contributed by atoms with E-state index in [1.54, 1.807) is 12.1 Å². The maximum absolute atomic E-state index is 11.2. The Morgan fingerprint density at radius 3 is 2.94 bits per heavy atom. The van der Waals surface area contributed by atoms with Gasteiger partial charge in [0, 0.05) is 6.54 Å². The number of primary sulfonamides is 1. The third kappa shape index (κ3) is 2.74. The van der Waals surface area contributed by atoms with Crippen LogP contribution in [0.1, 0.15) is 6.92 Å². The standard InChI is InChI=1S/C10H15N3O3S/c1-8-7-16-6-5-13(8)9-3-2-4-10(12-9)17(11,14)15/h2-4,8H,5-7H2,1H3,(H2,11,14,15). The molecule has 6 nitrogen and oxygen atoms in total. The molecule has 1 fully saturated rings. The van der Waals surface area contributed by atoms with Crippen LogP contribution in [0.2, 0.25) is 0 Å². The highest BCUT2D eigenvalue weighted by Crippen LogP contribution is 2.18. The lowest BCUT2D eigenvalue weighted by atomic mass is 10.2. The van der Waals surface area contributed by atoms with Crippen molar-refractivity contribution in [3.05, 3.63) is 18.2 Å². The van der Waals surface area contributed by atoms with Crippen LogP contribution >= 0.6 is 0 Å². The molecule has 7 heteroatoms. The number of pyridine rings is 1. The Morgan fingerprint density at radius 2 is 2.29 bits per heavy atom. The molecular weight excluding hydrogens is 242 g/mol. The Morgan fingerprint density at radius 1 is 1.53 bits per heavy atom. The Kier molecular flexibility index (Phi) is 3.32. The molecule has 0 saturated carbocycles. The predicted octanol–water partition coefficient (Wildman–Crippen LogP) is -0.0459. The number of morpholine rings is 1. The maximum Gasteiger partial charge on any atom is 0.255 e. The van der Waals surface area contributed by atoms with Crippen LogP contribution < -0.4 is 10.0 Å². The predicted molar refractivity (Wildman–Crippen MR) is 63.2 cm³/mol. The van der Waals surface area contributed by atoms with E-state index < -0.39 is 10.0 Å². The summed E-state index contributed by atoms with van der Waals surface area (Å²) in [6.07, 6.45) is 0. The van der Waals surface area contributed by atoms with E-state index in [1.165, 1.54) is 6.07 Å². The third-order valence-corrected chi connectivity index (χ3v) is 3.47. The highest BCUT2D eigenvalue weighted by molar-refractivity contribution is 7.89. The van der Waals surface area contributed by atoms with Gasteiger partial charge in [-0.05, 0) is 19.1 Å². The smallest absolute Gasteiger partial charge is 0.255 e. The second-order valence-electron chi connectivity index (χ2n) is 4.00. The zero-order chi connectivity index (χ0) is 12.5. The van der Waals surface area contributed by atoms with Crippen LogP contribution in [0.25, 0.3) is 0 Å². The number of nitrogens with zero attached hydrogens (tertiary/aromatic N) is 2. The van der Waals surface area contributed by atoms with Crippen molar-refractivity contribution < 1.29 is 13.2 Å². The number of anilines is 1. The quantitative estimate of drug-likeness (QED) is 0.803. The molecular formula is C10H15N3O3S. The molecule has 1 atom stereocenters. The van der Waals surface area contributed by atoms with Crippen LogP contribution in [-0.4, -0.2) is 39.2 Å². The van der Waals surface area contributed by atoms with Gasteiger partial charge < -0.3 is 9.64 Å². The SMILES string of the molecule is CC1COCCN1c1cccc(S(N)(=O)=O)n1. The summed E-state index contributed by atoms with van der Waals surface area (Å²) in [6, 6.07) is 4.98. The van der Waals surface area contributed by atoms with Gasteiger partial charge >= 0.3 is 0 Å². The lowest BCUT2D eigenvalue weighted by molar-refractivity contribution is 0.0985. The first-order valence-electron chi connectivity index (χ1n) is 5.33. The average molecular weight is 257 g/mol. The second-order valence-corrected chi connectivity index (χ2v) is 5.50. The summed E-state index contributed by atoms with van der Waals surface area (Å²) < 4.78 is 27.8. The fourth-order valence-corrected chi connectivity index (χ4v) is 2.28. The first-order chi connectivity index (χ1) is 7.98. The molecule has 1 aliphatic rings. The molecule has 1 saturated heterocycles. The van der Waals surface area contributed by atoms with E-state index in [-0.39, 0.29) is 11.1 Å². The normalized spacial score (nSPS) is 21.5. The summed E-state index contributed by atoms with van der Waals surface area (Å²) in [7, 11) is -3.75. The Balaban J connectivity index is 2.33. The van der Waals surface area contributed by atoms with Gasteiger partial charge in [-0.15, -0.1) is 0 Å². The summed E-state index contributed by atoms with van der Waals surface area (Å²) in [5, 5.41) is 4.95. The molecule has 0 bridgehead atoms. The van der Waals surface area contributed by atoms with E-state index in [4.69, 9.17) is 9.88 Å². The van der Waals surface area contributed by atoms with Gasteiger partial charge in [0.15, 0.2) is 5.03 Å². The molecule has 1 unspecified atom stereocenters. The molecule has 2 rings (SSSR count). The number of ether oxygens (including phenoxy) is 1. The molecule has 0 aromatic carbocycles. The van der Waals surface area contributed by atoms with Crippen LogP contribution in [0.15, 0.2) is 23.2 Å². The molecule has 94 valence electrons. The molecule has 0 radical (unpaired) electrons. The van der Waals surface area contributed by atoms with Crippen molar-refractivity contribution in [3.8, 4) is 0 Å². The number of aromatic nitrogens is 1. The van der Waals surface area contributed by atoms with E-state index in [9.17, 15) is 8.42 Å². The highest BCUT2D eigenvalue weighted by atomic mass is 32.2. The Bertz CT molecular complexity index is 503. The van der Waals surface area contributed by atoms with Crippen molar-refractivity contribution in [1.29, 1.82) is 0 Å². The monoisotopic (exact) mass is 257 g/mol. The first-order valence-corrected chi connectivity index (χ1v) is 6.87. The summed E-state index contributed by atoms with van der Waals surface area (Å²) >= 11 is 0. The van der Waals surface area contributed by atoms with Crippen LogP contribution in [0.5, 0.6) is 0 Å². The minimum absolute atomic E-state index is 0.103. The molecule has 1 aromatic heterocycles. The molecule has 2 heterocycles. The minimum Gasteiger partial charge on any atom is -0.377 e. The van der Waals surface area contributed by atoms with Gasteiger partial charge in [0.25, 0.3) is 10.0 Å². The van der Waals surface area contributed by atoms with Crippen molar-refractivity contribution in [3.63, 3.8) is 0 Å². The van der Waals surface area contributed by atoms with Gasteiger partial charge in [-0.25, -0.2) is 18.5 Å². The second kappa shape index (κ2) is 4.59. The van der Waals surface area contributed by atoms with Crippen molar-refractivity contribution in [2.75, 3.05) is 24.7 Å². The first kappa shape index (κ1) is 12.3. The molecule has 0 aliphatic carbocycles. The highest BCUT2D eigenvalue weighted by Gasteiger charge is 2.21. The fraction of sp³-hybridized carbons (Fsp3) is 0.500. The molecule has 1 aliphatic heterocycles. The van der Waals surface area contributed by atoms with Crippen LogP contribution in [-0.2, 0) is 14.8 Å². The van der Waals surface area contributed by atoms with Gasteiger partial charge in [0.2, 0.25) is 0 Å². The lowest BCUT2D eigenvalue weighted by Gasteiger charge is -2.34. The molecule has 17 heavy (non-hydrogen) atoms. The van der Waals surface area contributed by atoms with E-state index in [1.807, 2.05) is 11.8 Å². The fourth-order valence-electron chi connectivity index (χ4n) is 1.79. The van der Waals surface area contributed by atoms with Crippen molar-refractivity contribution >= 4 is 15.8 Å². The molecule has 1 aromatic rings. The van der Waals surface area contributed by atoms with E-state index in [2.05, 4.69) is 4.98 Å². The third-order valence-electron chi connectivity index (χ3n) is 2.66. The van der Waals surface area contributed by atoms with E-state index in [0.717, 1.165) is 0 Å². The number of nitrogens with two attached hydrogens (primary N) is 1. The zero-order valence-electron chi connectivity index (χ0n) is 9.54. The Hall–Kier alpha value is -1.18. The molecule has 0 amide bonds. The molecule has 0 spiro atoms. The van der Waals surface area contributed by atoms with Crippen molar-refractivity contribution in [1.82, 2.24) is 4.98 Å². The Labute approximate surface area is 100 Å². The summed E-state index contributed by atoms with van der Waals surface area (Å²) in [5.74, 6) is 0.618. The number of rotatable bonds is 2. The lowest BCUT2D eigenvalue weighted by Crippen LogP contribution is -2.44. The van der Waals surface area contributed by atoms with Gasteiger partial charge in [0.05, 0.1) is 19.3 Å². The van der Waals surface area contributed by atoms with E-state index in [0.29, 0.717) is 25.6 Å². The summed E-state index contributed by atoms with van der Waals surface area (Å²) in [6.45, 7) is 3.93. The minimum atomic E-state index is -3.75. The van der Waals surface area contributed by atoms with E-state index >= 15 is 0 Å². The summed E-state index contributed by atoms with van der Waals surface area (Å²) in [4.78, 5) is 6.09. The largest absolute Gasteiger partial charge is 0.377 e. The van der Waals surface area contributed by atoms with Gasteiger partial charge in [0.1, 0.15) is 5.82 Å². The van der Waals surface area contributed by atoms with Crippen LogP contribution in [0.4, 0.5) is 5.82 Å². The number of hydrogen-bond acceptors (Lipinski definition) is 5. The van der Waals surface area contributed by atoms with Crippen LogP contribution in [0.3, 0.4) is 0 Å². The topological polar surface area (TPSA) is 85.5 Å². The van der Waals surface area contributed by atoms with Gasteiger partial charge in [-0.3, -0.25) is 0 Å². The van der Waals surface area contributed by atoms with Gasteiger partial charge in [-0.2, -0.15) is 0 Å². The maximum atomic E-state index is 11.2.